The summed E-state index contributed by atoms with van der Waals surface area (Å²) in [6, 6.07) is 11.0. The van der Waals surface area contributed by atoms with Crippen LogP contribution in [0.1, 0.15) is 37.8 Å². The molecule has 110 valence electrons. The van der Waals surface area contributed by atoms with Gasteiger partial charge >= 0.3 is 0 Å². The van der Waals surface area contributed by atoms with Crippen LogP contribution in [0.15, 0.2) is 30.3 Å². The number of pyridine rings is 1. The van der Waals surface area contributed by atoms with Crippen LogP contribution in [0.4, 0.5) is 5.69 Å². The Morgan fingerprint density at radius 1 is 1.14 bits per heavy atom. The Kier molecular flexibility index (Phi) is 3.30. The number of fused-ring (bicyclic) bond motifs is 2. The van der Waals surface area contributed by atoms with E-state index in [-0.39, 0.29) is 0 Å². The SMILES string of the molecule is Nc1cc(CN2CCC3CCCCC32)nc2ccccc12. The van der Waals surface area contributed by atoms with Gasteiger partial charge in [0.15, 0.2) is 0 Å². The maximum Gasteiger partial charge on any atom is 0.0726 e. The second kappa shape index (κ2) is 5.30. The topological polar surface area (TPSA) is 42.1 Å². The number of benzene rings is 1. The van der Waals surface area contributed by atoms with Gasteiger partial charge in [0, 0.05) is 23.7 Å². The van der Waals surface area contributed by atoms with Crippen molar-refractivity contribution in [2.45, 2.75) is 44.7 Å². The van der Waals surface area contributed by atoms with Crippen LogP contribution < -0.4 is 5.73 Å². The number of hydrogen-bond donors (Lipinski definition) is 1. The van der Waals surface area contributed by atoms with Gasteiger partial charge in [-0.05, 0) is 43.9 Å². The van der Waals surface area contributed by atoms with E-state index >= 15 is 0 Å². The van der Waals surface area contributed by atoms with Crippen LogP contribution >= 0.6 is 0 Å². The summed E-state index contributed by atoms with van der Waals surface area (Å²) in [5, 5.41) is 1.07. The van der Waals surface area contributed by atoms with Crippen LogP contribution in [-0.4, -0.2) is 22.5 Å². The molecule has 2 fully saturated rings. The van der Waals surface area contributed by atoms with Gasteiger partial charge in [-0.15, -0.1) is 0 Å². The van der Waals surface area contributed by atoms with Gasteiger partial charge in [-0.2, -0.15) is 0 Å². The quantitative estimate of drug-likeness (QED) is 0.915. The fraction of sp³-hybridized carbons (Fsp3) is 0.500. The lowest BCUT2D eigenvalue weighted by atomic mass is 9.85. The molecule has 2 unspecified atom stereocenters. The molecule has 3 heteroatoms. The first-order valence-electron chi connectivity index (χ1n) is 8.19. The molecular formula is C18H23N3. The summed E-state index contributed by atoms with van der Waals surface area (Å²) in [5.74, 6) is 0.927. The first-order chi connectivity index (χ1) is 10.3. The highest BCUT2D eigenvalue weighted by Crippen LogP contribution is 2.37. The molecule has 0 amide bonds. The van der Waals surface area contributed by atoms with Crippen molar-refractivity contribution in [1.82, 2.24) is 9.88 Å². The Hall–Kier alpha value is -1.61. The molecule has 1 saturated heterocycles. The first-order valence-corrected chi connectivity index (χ1v) is 8.19. The van der Waals surface area contributed by atoms with E-state index < -0.39 is 0 Å². The molecule has 0 spiro atoms. The van der Waals surface area contributed by atoms with Gasteiger partial charge in [-0.1, -0.05) is 31.0 Å². The van der Waals surface area contributed by atoms with Crippen LogP contribution in [0.3, 0.4) is 0 Å². The zero-order chi connectivity index (χ0) is 14.2. The minimum atomic E-state index is 0.785. The van der Waals surface area contributed by atoms with Crippen molar-refractivity contribution in [3.05, 3.63) is 36.0 Å². The maximum atomic E-state index is 6.20. The second-order valence-corrected chi connectivity index (χ2v) is 6.59. The third kappa shape index (κ3) is 2.40. The predicted molar refractivity (Wildman–Crippen MR) is 86.9 cm³/mol. The normalized spacial score (nSPS) is 26.1. The van der Waals surface area contributed by atoms with Crippen molar-refractivity contribution in [2.75, 3.05) is 12.3 Å². The Bertz CT molecular complexity index is 652. The van der Waals surface area contributed by atoms with Crippen LogP contribution in [-0.2, 0) is 6.54 Å². The summed E-state index contributed by atoms with van der Waals surface area (Å²) in [7, 11) is 0. The molecule has 1 aromatic carbocycles. The van der Waals surface area contributed by atoms with Gasteiger partial charge in [0.1, 0.15) is 0 Å². The van der Waals surface area contributed by atoms with Crippen LogP contribution in [0.25, 0.3) is 10.9 Å². The summed E-state index contributed by atoms with van der Waals surface area (Å²) in [4.78, 5) is 7.45. The summed E-state index contributed by atoms with van der Waals surface area (Å²) < 4.78 is 0. The lowest BCUT2D eigenvalue weighted by Crippen LogP contribution is -2.34. The molecule has 3 nitrogen and oxygen atoms in total. The molecule has 1 aliphatic carbocycles. The van der Waals surface area contributed by atoms with Crippen LogP contribution in [0, 0.1) is 5.92 Å². The van der Waals surface area contributed by atoms with Crippen molar-refractivity contribution in [3.63, 3.8) is 0 Å². The van der Waals surface area contributed by atoms with Crippen molar-refractivity contribution >= 4 is 16.6 Å². The van der Waals surface area contributed by atoms with Crippen molar-refractivity contribution in [2.24, 2.45) is 5.92 Å². The molecule has 21 heavy (non-hydrogen) atoms. The monoisotopic (exact) mass is 281 g/mol. The van der Waals surface area contributed by atoms with Crippen molar-refractivity contribution < 1.29 is 0 Å². The molecule has 0 radical (unpaired) electrons. The zero-order valence-corrected chi connectivity index (χ0v) is 12.5. The van der Waals surface area contributed by atoms with E-state index in [0.717, 1.165) is 40.8 Å². The third-order valence-electron chi connectivity index (χ3n) is 5.29. The maximum absolute atomic E-state index is 6.20. The number of rotatable bonds is 2. The number of anilines is 1. The summed E-state index contributed by atoms with van der Waals surface area (Å²) in [6.07, 6.45) is 6.98. The van der Waals surface area contributed by atoms with E-state index in [1.54, 1.807) is 0 Å². The second-order valence-electron chi connectivity index (χ2n) is 6.59. The lowest BCUT2D eigenvalue weighted by Gasteiger charge is -2.31. The molecule has 4 rings (SSSR count). The average Bonchev–Trinajstić information content (AvgIpc) is 2.91. The molecule has 2 N–H and O–H groups in total. The summed E-state index contributed by atoms with van der Waals surface area (Å²) in [5.41, 5.74) is 9.20. The average molecular weight is 281 g/mol. The molecule has 2 aliphatic rings. The van der Waals surface area contributed by atoms with E-state index in [0.29, 0.717) is 0 Å². The zero-order valence-electron chi connectivity index (χ0n) is 12.5. The van der Waals surface area contributed by atoms with Gasteiger partial charge in [0.25, 0.3) is 0 Å². The van der Waals surface area contributed by atoms with Gasteiger partial charge in [-0.3, -0.25) is 9.88 Å². The summed E-state index contributed by atoms with van der Waals surface area (Å²) in [6.45, 7) is 2.18. The molecule has 2 heterocycles. The highest BCUT2D eigenvalue weighted by Gasteiger charge is 2.35. The number of para-hydroxylation sites is 1. The molecule has 2 aromatic rings. The van der Waals surface area contributed by atoms with E-state index in [1.807, 2.05) is 12.1 Å². The Balaban J connectivity index is 1.59. The lowest BCUT2D eigenvalue weighted by molar-refractivity contribution is 0.174. The number of nitrogens with zero attached hydrogens (tertiary/aromatic N) is 2. The number of nitrogen functional groups attached to an aromatic ring is 1. The Morgan fingerprint density at radius 3 is 2.95 bits per heavy atom. The molecule has 2 atom stereocenters. The van der Waals surface area contributed by atoms with E-state index in [1.165, 1.54) is 38.6 Å². The molecule has 1 saturated carbocycles. The van der Waals surface area contributed by atoms with Crippen LogP contribution in [0.5, 0.6) is 0 Å². The molecular weight excluding hydrogens is 258 g/mol. The summed E-state index contributed by atoms with van der Waals surface area (Å²) >= 11 is 0. The number of nitrogens with two attached hydrogens (primary N) is 1. The minimum absolute atomic E-state index is 0.785. The number of likely N-dealkylation sites (tertiary alicyclic amines) is 1. The third-order valence-corrected chi connectivity index (χ3v) is 5.29. The molecule has 1 aromatic heterocycles. The van der Waals surface area contributed by atoms with Gasteiger partial charge in [-0.25, -0.2) is 0 Å². The Morgan fingerprint density at radius 2 is 2.00 bits per heavy atom. The van der Waals surface area contributed by atoms with E-state index in [9.17, 15) is 0 Å². The fourth-order valence-corrected chi connectivity index (χ4v) is 4.25. The van der Waals surface area contributed by atoms with Crippen LogP contribution in [0.2, 0.25) is 0 Å². The van der Waals surface area contributed by atoms with E-state index in [4.69, 9.17) is 10.7 Å². The molecule has 0 bridgehead atoms. The highest BCUT2D eigenvalue weighted by atomic mass is 15.2. The van der Waals surface area contributed by atoms with Gasteiger partial charge in [0.2, 0.25) is 0 Å². The number of aromatic nitrogens is 1. The Labute approximate surface area is 126 Å². The van der Waals surface area contributed by atoms with Crippen molar-refractivity contribution in [3.8, 4) is 0 Å². The highest BCUT2D eigenvalue weighted by molar-refractivity contribution is 5.90. The first kappa shape index (κ1) is 13.1. The minimum Gasteiger partial charge on any atom is -0.398 e. The van der Waals surface area contributed by atoms with E-state index in [2.05, 4.69) is 23.1 Å². The van der Waals surface area contributed by atoms with Gasteiger partial charge < -0.3 is 5.73 Å². The number of hydrogen-bond acceptors (Lipinski definition) is 3. The predicted octanol–water partition coefficient (Wildman–Crippen LogP) is 3.58. The van der Waals surface area contributed by atoms with Crippen molar-refractivity contribution in [1.29, 1.82) is 0 Å². The fourth-order valence-electron chi connectivity index (χ4n) is 4.25. The largest absolute Gasteiger partial charge is 0.398 e. The standard InChI is InChI=1S/C18H23N3/c19-16-11-14(20-17-7-3-2-6-15(16)17)12-21-10-9-13-5-1-4-8-18(13)21/h2-3,6-7,11,13,18H,1,4-5,8-10,12H2,(H2,19,20). The van der Waals surface area contributed by atoms with Gasteiger partial charge in [0.05, 0.1) is 11.2 Å². The smallest absolute Gasteiger partial charge is 0.0726 e. The molecule has 1 aliphatic heterocycles.